The van der Waals surface area contributed by atoms with Crippen LogP contribution in [0, 0.1) is 0 Å². The number of hydrogen-bond donors (Lipinski definition) is 0. The zero-order valence-corrected chi connectivity index (χ0v) is 14.6. The Morgan fingerprint density at radius 1 is 0.741 bits per heavy atom. The topological polar surface area (TPSA) is 41.8 Å². The molecular weight excluding hydrogens is 332 g/mol. The number of benzene rings is 4. The summed E-state index contributed by atoms with van der Waals surface area (Å²) in [5, 5.41) is 10.5. The van der Waals surface area contributed by atoms with E-state index in [1.165, 1.54) is 0 Å². The molecule has 1 heterocycles. The average Bonchev–Trinajstić information content (AvgIpc) is 3.09. The number of Topliss-reactive ketones (excluding diaryl/α,β-unsaturated/α-hetero) is 1. The molecule has 0 spiro atoms. The molecule has 0 aliphatic carbocycles. The Hall–Kier alpha value is -3.59. The van der Waals surface area contributed by atoms with E-state index < -0.39 is 0 Å². The zero-order chi connectivity index (χ0) is 18.2. The molecule has 3 nitrogen and oxygen atoms in total. The molecule has 0 fully saturated rings. The molecule has 27 heavy (non-hydrogen) atoms. The molecule has 0 amide bonds. The van der Waals surface area contributed by atoms with Crippen molar-refractivity contribution in [3.63, 3.8) is 0 Å². The molecule has 4 aromatic rings. The van der Waals surface area contributed by atoms with Gasteiger partial charge in [-0.3, -0.25) is 4.79 Å². The predicted molar refractivity (Wildman–Crippen MR) is 108 cm³/mol. The summed E-state index contributed by atoms with van der Waals surface area (Å²) in [5.41, 5.74) is 5.69. The quantitative estimate of drug-likeness (QED) is 0.335. The van der Waals surface area contributed by atoms with Gasteiger partial charge >= 0.3 is 0 Å². The van der Waals surface area contributed by atoms with E-state index >= 15 is 0 Å². The van der Waals surface area contributed by atoms with E-state index in [1.807, 2.05) is 78.9 Å². The van der Waals surface area contributed by atoms with Crippen molar-refractivity contribution in [1.82, 2.24) is 0 Å². The van der Waals surface area contributed by atoms with Crippen molar-refractivity contribution in [1.29, 1.82) is 0 Å². The van der Waals surface area contributed by atoms with Crippen molar-refractivity contribution in [3.05, 3.63) is 96.1 Å². The minimum atomic E-state index is 0.130. The molecule has 0 radical (unpaired) electrons. The number of ketones is 1. The van der Waals surface area contributed by atoms with E-state index in [-0.39, 0.29) is 5.78 Å². The van der Waals surface area contributed by atoms with Gasteiger partial charge in [0.25, 0.3) is 0 Å². The molecule has 4 aromatic carbocycles. The molecule has 0 saturated heterocycles. The lowest BCUT2D eigenvalue weighted by molar-refractivity contribution is 0.0993. The van der Waals surface area contributed by atoms with Crippen LogP contribution in [-0.4, -0.2) is 5.78 Å². The van der Waals surface area contributed by atoms with Crippen molar-refractivity contribution in [2.45, 2.75) is 6.42 Å². The summed E-state index contributed by atoms with van der Waals surface area (Å²) in [6.45, 7) is 0. The van der Waals surface area contributed by atoms with Gasteiger partial charge in [0.2, 0.25) is 0 Å². The van der Waals surface area contributed by atoms with Crippen molar-refractivity contribution in [3.8, 4) is 11.1 Å². The molecule has 1 aliphatic rings. The van der Waals surface area contributed by atoms with Crippen LogP contribution >= 0.6 is 0 Å². The van der Waals surface area contributed by atoms with Crippen molar-refractivity contribution < 1.29 is 4.79 Å². The Morgan fingerprint density at radius 3 is 2.41 bits per heavy atom. The third kappa shape index (κ3) is 2.93. The van der Waals surface area contributed by atoms with E-state index in [2.05, 4.69) is 16.3 Å². The number of rotatable bonds is 4. The summed E-state index contributed by atoms with van der Waals surface area (Å²) in [4.78, 5) is 12.7. The van der Waals surface area contributed by atoms with Gasteiger partial charge in [-0.15, -0.1) is 5.11 Å². The van der Waals surface area contributed by atoms with Crippen LogP contribution in [0.3, 0.4) is 0 Å². The molecule has 0 atom stereocenters. The first-order chi connectivity index (χ1) is 13.3. The van der Waals surface area contributed by atoms with Gasteiger partial charge in [0.15, 0.2) is 5.78 Å². The fraction of sp³-hybridized carbons (Fsp3) is 0.0417. The predicted octanol–water partition coefficient (Wildman–Crippen LogP) is 6.66. The van der Waals surface area contributed by atoms with Crippen LogP contribution in [0.2, 0.25) is 0 Å². The summed E-state index contributed by atoms with van der Waals surface area (Å²) in [6, 6.07) is 28.1. The average molecular weight is 348 g/mol. The monoisotopic (exact) mass is 348 g/mol. The highest BCUT2D eigenvalue weighted by molar-refractivity contribution is 6.01. The number of carbonyl (C=O) groups is 1. The van der Waals surface area contributed by atoms with Crippen LogP contribution in [0.1, 0.15) is 15.9 Å². The lowest BCUT2D eigenvalue weighted by Crippen LogP contribution is -2.03. The fourth-order valence-corrected chi connectivity index (χ4v) is 3.47. The van der Waals surface area contributed by atoms with E-state index in [4.69, 9.17) is 0 Å². The number of hydrogen-bond acceptors (Lipinski definition) is 3. The fourth-order valence-electron chi connectivity index (χ4n) is 3.47. The van der Waals surface area contributed by atoms with Crippen LogP contribution in [0.25, 0.3) is 21.9 Å². The maximum atomic E-state index is 12.7. The van der Waals surface area contributed by atoms with Gasteiger partial charge < -0.3 is 0 Å². The molecule has 1 aliphatic heterocycles. The normalized spacial score (nSPS) is 11.9. The second kappa shape index (κ2) is 6.29. The first-order valence-corrected chi connectivity index (χ1v) is 8.93. The van der Waals surface area contributed by atoms with Crippen molar-refractivity contribution in [2.24, 2.45) is 10.2 Å². The van der Waals surface area contributed by atoms with Crippen molar-refractivity contribution >= 4 is 27.9 Å². The van der Waals surface area contributed by atoms with Crippen LogP contribution in [-0.2, 0) is 6.42 Å². The molecular formula is C24H16N2O. The summed E-state index contributed by atoms with van der Waals surface area (Å²) in [5.74, 6) is 0.130. The van der Waals surface area contributed by atoms with E-state index in [9.17, 15) is 4.79 Å². The van der Waals surface area contributed by atoms with Gasteiger partial charge in [-0.05, 0) is 46.2 Å². The number of fused-ring (bicyclic) bond motifs is 3. The molecule has 0 unspecified atom stereocenters. The van der Waals surface area contributed by atoms with E-state index in [0.717, 1.165) is 44.4 Å². The first-order valence-electron chi connectivity index (χ1n) is 8.93. The number of carbonyl (C=O) groups excluding carboxylic acids is 1. The smallest absolute Gasteiger partial charge is 0.167 e. The van der Waals surface area contributed by atoms with Crippen LogP contribution in [0.4, 0.5) is 11.4 Å². The Bertz CT molecular complexity index is 1210. The number of azo groups is 1. The lowest BCUT2D eigenvalue weighted by atomic mass is 9.97. The van der Waals surface area contributed by atoms with E-state index in [0.29, 0.717) is 6.42 Å². The first kappa shape index (κ1) is 15.6. The lowest BCUT2D eigenvalue weighted by Gasteiger charge is -2.06. The van der Waals surface area contributed by atoms with Gasteiger partial charge in [-0.1, -0.05) is 60.7 Å². The molecule has 0 saturated carbocycles. The number of nitrogens with zero attached hydrogens (tertiary/aromatic N) is 2. The highest BCUT2D eigenvalue weighted by Gasteiger charge is 2.12. The summed E-state index contributed by atoms with van der Waals surface area (Å²) in [7, 11) is 0. The Balaban J connectivity index is 1.37. The summed E-state index contributed by atoms with van der Waals surface area (Å²) < 4.78 is 0. The van der Waals surface area contributed by atoms with Crippen LogP contribution in [0.5, 0.6) is 0 Å². The SMILES string of the molecule is O=C(Cc1ccc(-c2ccc3cc2N=N3)cc1)c1ccc2ccccc2c1. The summed E-state index contributed by atoms with van der Waals surface area (Å²) in [6.07, 6.45) is 0.393. The van der Waals surface area contributed by atoms with Gasteiger partial charge in [0.05, 0.1) is 11.4 Å². The van der Waals surface area contributed by atoms with Crippen LogP contribution < -0.4 is 0 Å². The van der Waals surface area contributed by atoms with Gasteiger partial charge in [0.1, 0.15) is 0 Å². The van der Waals surface area contributed by atoms with Gasteiger partial charge in [-0.25, -0.2) is 0 Å². The maximum absolute atomic E-state index is 12.7. The molecule has 2 bridgehead atoms. The minimum Gasteiger partial charge on any atom is -0.294 e. The Labute approximate surface area is 157 Å². The summed E-state index contributed by atoms with van der Waals surface area (Å²) >= 11 is 0. The molecule has 5 rings (SSSR count). The molecule has 0 N–H and O–H groups in total. The highest BCUT2D eigenvalue weighted by atomic mass is 16.1. The molecule has 0 aromatic heterocycles. The highest BCUT2D eigenvalue weighted by Crippen LogP contribution is 2.38. The van der Waals surface area contributed by atoms with Crippen LogP contribution in [0.15, 0.2) is 95.2 Å². The third-order valence-electron chi connectivity index (χ3n) is 4.96. The Kier molecular flexibility index (Phi) is 3.65. The second-order valence-electron chi connectivity index (χ2n) is 6.76. The Morgan fingerprint density at radius 2 is 1.56 bits per heavy atom. The molecule has 3 heteroatoms. The zero-order valence-electron chi connectivity index (χ0n) is 14.6. The largest absolute Gasteiger partial charge is 0.294 e. The molecule has 128 valence electrons. The third-order valence-corrected chi connectivity index (χ3v) is 4.96. The minimum absolute atomic E-state index is 0.130. The van der Waals surface area contributed by atoms with Crippen molar-refractivity contribution in [2.75, 3.05) is 0 Å². The van der Waals surface area contributed by atoms with Gasteiger partial charge in [-0.2, -0.15) is 5.11 Å². The maximum Gasteiger partial charge on any atom is 0.167 e. The van der Waals surface area contributed by atoms with E-state index in [1.54, 1.807) is 0 Å². The standard InChI is InChI=1S/C24H16N2O/c27-24(20-10-9-17-3-1-2-4-19(17)14-20)13-16-5-7-18(8-6-16)22-12-11-21-15-23(22)26-25-21/h1-12,14-15H,13H2. The van der Waals surface area contributed by atoms with Gasteiger partial charge in [0, 0.05) is 17.5 Å². The second-order valence-corrected chi connectivity index (χ2v) is 6.76.